The molecule has 15 heavy (non-hydrogen) atoms. The highest BCUT2D eigenvalue weighted by molar-refractivity contribution is 5.13. The Hall–Kier alpha value is -0.0400. The fourth-order valence-electron chi connectivity index (χ4n) is 4.91. The maximum Gasteiger partial charge on any atom is 0.0947 e. The molecule has 4 rings (SSSR count). The summed E-state index contributed by atoms with van der Waals surface area (Å²) in [6.07, 6.45) is 7.32. The lowest BCUT2D eigenvalue weighted by molar-refractivity contribution is 0.153. The molecule has 5 atom stereocenters. The molecule has 0 aromatic heterocycles. The van der Waals surface area contributed by atoms with Gasteiger partial charge in [0, 0.05) is 0 Å². The predicted octanol–water partition coefficient (Wildman–Crippen LogP) is 3.24. The van der Waals surface area contributed by atoms with Crippen LogP contribution in [0.25, 0.3) is 0 Å². The molecule has 84 valence electrons. The predicted molar refractivity (Wildman–Crippen MR) is 59.5 cm³/mol. The van der Waals surface area contributed by atoms with Crippen LogP contribution in [0.5, 0.6) is 0 Å². The number of rotatable bonds is 0. The molecule has 0 bridgehead atoms. The number of fused-ring (bicyclic) bond motifs is 4. The smallest absolute Gasteiger partial charge is 0.0947 e. The topological polar surface area (TPSA) is 12.5 Å². The van der Waals surface area contributed by atoms with E-state index in [0.717, 1.165) is 30.3 Å². The number of ether oxygens (including phenoxy) is 1. The van der Waals surface area contributed by atoms with E-state index >= 15 is 0 Å². The molecule has 0 aromatic rings. The first kappa shape index (κ1) is 9.04. The molecule has 1 spiro atoms. The Morgan fingerprint density at radius 2 is 1.93 bits per heavy atom. The number of epoxide rings is 1. The van der Waals surface area contributed by atoms with Gasteiger partial charge in [-0.2, -0.15) is 0 Å². The van der Waals surface area contributed by atoms with Crippen LogP contribution in [0.1, 0.15) is 46.0 Å². The summed E-state index contributed by atoms with van der Waals surface area (Å²) in [4.78, 5) is 0. The molecular weight excluding hydrogens is 184 g/mol. The first-order valence-corrected chi connectivity index (χ1v) is 6.74. The lowest BCUT2D eigenvalue weighted by atomic mass is 9.75. The van der Waals surface area contributed by atoms with Gasteiger partial charge in [-0.1, -0.05) is 13.8 Å². The van der Waals surface area contributed by atoms with Crippen LogP contribution in [0.4, 0.5) is 0 Å². The summed E-state index contributed by atoms with van der Waals surface area (Å²) in [5.74, 6) is 4.15. The van der Waals surface area contributed by atoms with Crippen molar-refractivity contribution in [3.05, 3.63) is 0 Å². The second-order valence-electron chi connectivity index (χ2n) is 7.39. The first-order valence-electron chi connectivity index (χ1n) is 6.74. The van der Waals surface area contributed by atoms with E-state index in [1.807, 2.05) is 0 Å². The van der Waals surface area contributed by atoms with E-state index in [9.17, 15) is 0 Å². The Kier molecular flexibility index (Phi) is 1.47. The molecule has 4 fully saturated rings. The summed E-state index contributed by atoms with van der Waals surface area (Å²) in [6, 6.07) is 0. The van der Waals surface area contributed by atoms with Crippen molar-refractivity contribution < 1.29 is 4.74 Å². The minimum absolute atomic E-state index is 0.388. The maximum atomic E-state index is 5.84. The molecule has 0 radical (unpaired) electrons. The van der Waals surface area contributed by atoms with E-state index in [2.05, 4.69) is 13.8 Å². The highest BCUT2D eigenvalue weighted by Gasteiger charge is 2.64. The summed E-state index contributed by atoms with van der Waals surface area (Å²) in [7, 11) is 0. The maximum absolute atomic E-state index is 5.84. The third-order valence-corrected chi connectivity index (χ3v) is 5.72. The van der Waals surface area contributed by atoms with Gasteiger partial charge in [0.25, 0.3) is 0 Å². The van der Waals surface area contributed by atoms with Gasteiger partial charge in [0.2, 0.25) is 0 Å². The molecule has 0 amide bonds. The molecule has 3 aliphatic carbocycles. The van der Waals surface area contributed by atoms with Gasteiger partial charge in [-0.05, 0) is 61.2 Å². The summed E-state index contributed by atoms with van der Waals surface area (Å²) in [5, 5.41) is 0. The van der Waals surface area contributed by atoms with Gasteiger partial charge < -0.3 is 4.74 Å². The van der Waals surface area contributed by atoms with Gasteiger partial charge in [-0.3, -0.25) is 0 Å². The van der Waals surface area contributed by atoms with E-state index in [1.165, 1.54) is 25.7 Å². The zero-order valence-corrected chi connectivity index (χ0v) is 9.96. The summed E-state index contributed by atoms with van der Waals surface area (Å²) in [5.41, 5.74) is 0.974. The van der Waals surface area contributed by atoms with Crippen molar-refractivity contribution in [3.8, 4) is 0 Å². The minimum atomic E-state index is 0.388. The molecule has 0 unspecified atom stereocenters. The van der Waals surface area contributed by atoms with Crippen LogP contribution in [-0.4, -0.2) is 12.2 Å². The molecule has 0 N–H and O–H groups in total. The Morgan fingerprint density at radius 1 is 1.13 bits per heavy atom. The van der Waals surface area contributed by atoms with E-state index < -0.39 is 0 Å². The van der Waals surface area contributed by atoms with E-state index in [1.54, 1.807) is 6.42 Å². The first-order chi connectivity index (χ1) is 7.10. The highest BCUT2D eigenvalue weighted by atomic mass is 16.6. The summed E-state index contributed by atoms with van der Waals surface area (Å²) in [6.45, 7) is 6.06. The molecular formula is C14H22O. The van der Waals surface area contributed by atoms with Gasteiger partial charge in [0.05, 0.1) is 12.2 Å². The normalized spacial score (nSPS) is 59.6. The Balaban J connectivity index is 1.69. The number of hydrogen-bond donors (Lipinski definition) is 0. The van der Waals surface area contributed by atoms with E-state index in [4.69, 9.17) is 4.74 Å². The standard InChI is InChI=1S/C14H22O/c1-13(2)6-9-5-11(9)10-3-4-14(8-15-14)12(10)7-13/h9-12H,3-8H2,1-2H3/t9-,10+,11-,12+,14-/m0/s1. The van der Waals surface area contributed by atoms with Crippen LogP contribution in [0, 0.1) is 29.1 Å². The van der Waals surface area contributed by atoms with Gasteiger partial charge in [-0.15, -0.1) is 0 Å². The molecule has 3 saturated carbocycles. The van der Waals surface area contributed by atoms with Crippen LogP contribution in [0.3, 0.4) is 0 Å². The second-order valence-corrected chi connectivity index (χ2v) is 7.39. The average molecular weight is 206 g/mol. The van der Waals surface area contributed by atoms with Crippen LogP contribution in [-0.2, 0) is 4.74 Å². The lowest BCUT2D eigenvalue weighted by Gasteiger charge is -2.30. The highest BCUT2D eigenvalue weighted by Crippen LogP contribution is 2.66. The third-order valence-electron chi connectivity index (χ3n) is 5.72. The Bertz CT molecular complexity index is 302. The molecule has 1 heterocycles. The average Bonchev–Trinajstić information content (AvgIpc) is 2.97. The summed E-state index contributed by atoms with van der Waals surface area (Å²) < 4.78 is 5.84. The van der Waals surface area contributed by atoms with Crippen molar-refractivity contribution in [3.63, 3.8) is 0 Å². The fraction of sp³-hybridized carbons (Fsp3) is 1.00. The van der Waals surface area contributed by atoms with Crippen molar-refractivity contribution in [2.75, 3.05) is 6.61 Å². The largest absolute Gasteiger partial charge is 0.369 e. The van der Waals surface area contributed by atoms with Crippen molar-refractivity contribution in [2.24, 2.45) is 29.1 Å². The van der Waals surface area contributed by atoms with Crippen molar-refractivity contribution >= 4 is 0 Å². The zero-order valence-electron chi connectivity index (χ0n) is 9.96. The van der Waals surface area contributed by atoms with E-state index in [0.29, 0.717) is 11.0 Å². The van der Waals surface area contributed by atoms with Gasteiger partial charge >= 0.3 is 0 Å². The van der Waals surface area contributed by atoms with Gasteiger partial charge in [0.15, 0.2) is 0 Å². The SMILES string of the molecule is CC1(C)C[C@@H]2C[C@@H]2[C@H]2CC[C@]3(CO3)[C@@H]2C1. The van der Waals surface area contributed by atoms with E-state index in [-0.39, 0.29) is 0 Å². The molecule has 1 nitrogen and oxygen atoms in total. The number of hydrogen-bond acceptors (Lipinski definition) is 1. The van der Waals surface area contributed by atoms with Gasteiger partial charge in [0.1, 0.15) is 0 Å². The Labute approximate surface area is 92.6 Å². The third kappa shape index (κ3) is 1.19. The van der Waals surface area contributed by atoms with Crippen LogP contribution in [0.2, 0.25) is 0 Å². The minimum Gasteiger partial charge on any atom is -0.369 e. The second kappa shape index (κ2) is 2.45. The fourth-order valence-corrected chi connectivity index (χ4v) is 4.91. The van der Waals surface area contributed by atoms with Crippen LogP contribution >= 0.6 is 0 Å². The lowest BCUT2D eigenvalue weighted by Crippen LogP contribution is -2.27. The van der Waals surface area contributed by atoms with Gasteiger partial charge in [-0.25, -0.2) is 0 Å². The quantitative estimate of drug-likeness (QED) is 0.554. The Morgan fingerprint density at radius 3 is 2.67 bits per heavy atom. The monoisotopic (exact) mass is 206 g/mol. The molecule has 0 aromatic carbocycles. The van der Waals surface area contributed by atoms with Crippen molar-refractivity contribution in [1.29, 1.82) is 0 Å². The van der Waals surface area contributed by atoms with Crippen molar-refractivity contribution in [1.82, 2.24) is 0 Å². The summed E-state index contributed by atoms with van der Waals surface area (Å²) >= 11 is 0. The zero-order chi connectivity index (χ0) is 10.3. The van der Waals surface area contributed by atoms with Crippen LogP contribution in [0.15, 0.2) is 0 Å². The van der Waals surface area contributed by atoms with Crippen molar-refractivity contribution in [2.45, 2.75) is 51.6 Å². The molecule has 1 aliphatic heterocycles. The molecule has 1 heteroatoms. The molecule has 1 saturated heterocycles. The molecule has 4 aliphatic rings. The van der Waals surface area contributed by atoms with Crippen LogP contribution < -0.4 is 0 Å².